The van der Waals surface area contributed by atoms with Crippen LogP contribution in [-0.2, 0) is 12.0 Å². The van der Waals surface area contributed by atoms with Crippen LogP contribution in [0.1, 0.15) is 37.1 Å². The number of rotatable bonds is 4. The van der Waals surface area contributed by atoms with Gasteiger partial charge < -0.3 is 15.8 Å². The summed E-state index contributed by atoms with van der Waals surface area (Å²) in [4.78, 5) is 12.4. The third-order valence-electron chi connectivity index (χ3n) is 5.90. The lowest BCUT2D eigenvalue weighted by atomic mass is 9.82. The summed E-state index contributed by atoms with van der Waals surface area (Å²) in [5.41, 5.74) is 10.3. The maximum atomic E-state index is 6.06. The van der Waals surface area contributed by atoms with E-state index in [1.165, 1.54) is 18.4 Å². The van der Waals surface area contributed by atoms with Crippen LogP contribution in [0.3, 0.4) is 0 Å². The van der Waals surface area contributed by atoms with Crippen molar-refractivity contribution in [2.24, 2.45) is 0 Å². The lowest BCUT2D eigenvalue weighted by Gasteiger charge is -2.20. The van der Waals surface area contributed by atoms with E-state index in [1.807, 2.05) is 13.0 Å². The van der Waals surface area contributed by atoms with E-state index in [2.05, 4.69) is 31.0 Å². The molecule has 3 N–H and O–H groups in total. The molecule has 0 bridgehead atoms. The van der Waals surface area contributed by atoms with Gasteiger partial charge in [-0.1, -0.05) is 0 Å². The van der Waals surface area contributed by atoms with E-state index in [1.54, 1.807) is 18.6 Å². The van der Waals surface area contributed by atoms with Crippen LogP contribution in [0.15, 0.2) is 37.1 Å². The van der Waals surface area contributed by atoms with Crippen LogP contribution in [0, 0.1) is 0 Å². The average molecular weight is 414 g/mol. The van der Waals surface area contributed by atoms with Crippen LogP contribution in [0.5, 0.6) is 5.75 Å². The van der Waals surface area contributed by atoms with E-state index in [0.717, 1.165) is 42.9 Å². The third kappa shape index (κ3) is 3.42. The van der Waals surface area contributed by atoms with Crippen LogP contribution in [0.2, 0.25) is 0 Å². The first-order valence-electron chi connectivity index (χ1n) is 9.61. The van der Waals surface area contributed by atoms with Gasteiger partial charge in [0.25, 0.3) is 0 Å². The summed E-state index contributed by atoms with van der Waals surface area (Å²) in [7, 11) is 0. The second kappa shape index (κ2) is 7.61. The standard InChI is InChI=1S/C20H23N7O.ClH/c1-13(15-8-23-12-24-9-15)28-17-6-14(10-25-19(17)21)16-7-18-20(2-4-22-11-20)3-5-27(18)26-16;/h6-10,12-13,22H,2-5,11H2,1H3,(H2,21,25);1H/t13?,20-;/m0./s1. The Bertz CT molecular complexity index is 1000. The number of nitrogens with zero attached hydrogens (tertiary/aromatic N) is 5. The van der Waals surface area contributed by atoms with Crippen LogP contribution in [0.4, 0.5) is 5.82 Å². The minimum atomic E-state index is -0.236. The number of nitrogen functional groups attached to an aromatic ring is 1. The predicted molar refractivity (Wildman–Crippen MR) is 112 cm³/mol. The van der Waals surface area contributed by atoms with Gasteiger partial charge in [0.15, 0.2) is 11.6 Å². The van der Waals surface area contributed by atoms with Crippen LogP contribution >= 0.6 is 12.4 Å². The lowest BCUT2D eigenvalue weighted by molar-refractivity contribution is 0.227. The number of nitrogens with one attached hydrogen (secondary N) is 1. The molecule has 2 atom stereocenters. The van der Waals surface area contributed by atoms with Crippen molar-refractivity contribution in [1.82, 2.24) is 30.0 Å². The van der Waals surface area contributed by atoms with E-state index in [9.17, 15) is 0 Å². The van der Waals surface area contributed by atoms with Crippen molar-refractivity contribution in [3.8, 4) is 17.0 Å². The average Bonchev–Trinajstić information content (AvgIpc) is 3.43. The van der Waals surface area contributed by atoms with E-state index in [0.29, 0.717) is 11.6 Å². The van der Waals surface area contributed by atoms with Gasteiger partial charge in [0.05, 0.1) is 5.69 Å². The maximum absolute atomic E-state index is 6.06. The number of ether oxygens (including phenoxy) is 1. The molecule has 1 fully saturated rings. The molecule has 5 rings (SSSR count). The Hall–Kier alpha value is -2.71. The second-order valence-corrected chi connectivity index (χ2v) is 7.63. The fraction of sp³-hybridized carbons (Fsp3) is 0.400. The summed E-state index contributed by atoms with van der Waals surface area (Å²) < 4.78 is 8.19. The van der Waals surface area contributed by atoms with Crippen molar-refractivity contribution < 1.29 is 4.74 Å². The molecule has 3 aromatic rings. The largest absolute Gasteiger partial charge is 0.482 e. The zero-order valence-electron chi connectivity index (χ0n) is 16.2. The van der Waals surface area contributed by atoms with E-state index >= 15 is 0 Å². The topological polar surface area (TPSA) is 104 Å². The smallest absolute Gasteiger partial charge is 0.166 e. The number of halogens is 1. The molecule has 0 aromatic carbocycles. The number of hydrogen-bond acceptors (Lipinski definition) is 7. The molecule has 3 aromatic heterocycles. The Morgan fingerprint density at radius 2 is 2.03 bits per heavy atom. The third-order valence-corrected chi connectivity index (χ3v) is 5.90. The number of fused-ring (bicyclic) bond motifs is 2. The molecular weight excluding hydrogens is 390 g/mol. The molecule has 1 unspecified atom stereocenters. The highest BCUT2D eigenvalue weighted by Crippen LogP contribution is 2.41. The fourth-order valence-electron chi connectivity index (χ4n) is 4.25. The normalized spacial score (nSPS) is 21.0. The number of nitrogens with two attached hydrogens (primary N) is 1. The van der Waals surface area contributed by atoms with Crippen molar-refractivity contribution in [2.45, 2.75) is 37.8 Å². The molecule has 0 saturated carbocycles. The molecule has 5 heterocycles. The fourth-order valence-corrected chi connectivity index (χ4v) is 4.25. The van der Waals surface area contributed by atoms with Crippen molar-refractivity contribution in [3.05, 3.63) is 48.3 Å². The van der Waals surface area contributed by atoms with Gasteiger partial charge in [0.1, 0.15) is 12.4 Å². The maximum Gasteiger partial charge on any atom is 0.166 e. The Labute approximate surface area is 175 Å². The van der Waals surface area contributed by atoms with Crippen LogP contribution in [0.25, 0.3) is 11.3 Å². The van der Waals surface area contributed by atoms with E-state index < -0.39 is 0 Å². The molecule has 2 aliphatic rings. The van der Waals surface area contributed by atoms with Gasteiger partial charge in [0, 0.05) is 53.9 Å². The molecule has 29 heavy (non-hydrogen) atoms. The van der Waals surface area contributed by atoms with Gasteiger partial charge in [-0.25, -0.2) is 15.0 Å². The molecule has 0 amide bonds. The zero-order valence-corrected chi connectivity index (χ0v) is 17.0. The molecule has 1 saturated heterocycles. The minimum absolute atomic E-state index is 0. The predicted octanol–water partition coefficient (Wildman–Crippen LogP) is 2.51. The quantitative estimate of drug-likeness (QED) is 0.677. The van der Waals surface area contributed by atoms with Crippen molar-refractivity contribution in [1.29, 1.82) is 0 Å². The highest BCUT2D eigenvalue weighted by molar-refractivity contribution is 5.85. The summed E-state index contributed by atoms with van der Waals surface area (Å²) in [5.74, 6) is 0.898. The highest BCUT2D eigenvalue weighted by atomic mass is 35.5. The molecule has 1 spiro atoms. The number of aryl methyl sites for hydroxylation is 1. The summed E-state index contributed by atoms with van der Waals surface area (Å²) in [6.45, 7) is 5.01. The summed E-state index contributed by atoms with van der Waals surface area (Å²) in [5, 5.41) is 8.32. The molecule has 8 nitrogen and oxygen atoms in total. The minimum Gasteiger partial charge on any atom is -0.482 e. The number of anilines is 1. The van der Waals surface area contributed by atoms with E-state index in [-0.39, 0.29) is 23.9 Å². The Kier molecular flexibility index (Phi) is 5.14. The van der Waals surface area contributed by atoms with Crippen LogP contribution < -0.4 is 15.8 Å². The van der Waals surface area contributed by atoms with Crippen molar-refractivity contribution in [2.75, 3.05) is 18.8 Å². The SMILES string of the molecule is CC(Oc1cc(-c2cc3n(n2)CC[C@]32CCNC2)cnc1N)c1cncnc1.Cl. The molecule has 0 aliphatic carbocycles. The molecule has 9 heteroatoms. The second-order valence-electron chi connectivity index (χ2n) is 7.63. The van der Waals surface area contributed by atoms with Gasteiger partial charge in [-0.2, -0.15) is 5.10 Å². The zero-order chi connectivity index (χ0) is 19.1. The van der Waals surface area contributed by atoms with Gasteiger partial charge in [-0.05, 0) is 38.4 Å². The molecular formula is C20H24ClN7O. The summed E-state index contributed by atoms with van der Waals surface area (Å²) in [6, 6.07) is 4.12. The molecule has 0 radical (unpaired) electrons. The highest BCUT2D eigenvalue weighted by Gasteiger charge is 2.42. The van der Waals surface area contributed by atoms with E-state index in [4.69, 9.17) is 15.6 Å². The number of hydrogen-bond donors (Lipinski definition) is 2. The number of pyridine rings is 1. The van der Waals surface area contributed by atoms with Crippen molar-refractivity contribution >= 4 is 18.2 Å². The molecule has 152 valence electrons. The Morgan fingerprint density at radius 1 is 1.21 bits per heavy atom. The first-order chi connectivity index (χ1) is 13.6. The monoisotopic (exact) mass is 413 g/mol. The molecule has 2 aliphatic heterocycles. The Balaban J connectivity index is 0.00000205. The Morgan fingerprint density at radius 3 is 2.79 bits per heavy atom. The summed E-state index contributed by atoms with van der Waals surface area (Å²) >= 11 is 0. The first-order valence-corrected chi connectivity index (χ1v) is 9.61. The van der Waals surface area contributed by atoms with Crippen molar-refractivity contribution in [3.63, 3.8) is 0 Å². The van der Waals surface area contributed by atoms with Gasteiger partial charge in [-0.15, -0.1) is 12.4 Å². The lowest BCUT2D eigenvalue weighted by Crippen LogP contribution is -2.25. The summed E-state index contributed by atoms with van der Waals surface area (Å²) in [6.07, 6.45) is 8.82. The first kappa shape index (κ1) is 19.6. The van der Waals surface area contributed by atoms with Gasteiger partial charge in [-0.3, -0.25) is 4.68 Å². The number of aromatic nitrogens is 5. The van der Waals surface area contributed by atoms with Crippen LogP contribution in [-0.4, -0.2) is 37.8 Å². The van der Waals surface area contributed by atoms with Gasteiger partial charge >= 0.3 is 0 Å². The van der Waals surface area contributed by atoms with Gasteiger partial charge in [0.2, 0.25) is 0 Å².